The summed E-state index contributed by atoms with van der Waals surface area (Å²) in [6.45, 7) is 5.26. The molecule has 0 radical (unpaired) electrons. The van der Waals surface area contributed by atoms with Crippen LogP contribution in [0.4, 0.5) is 11.6 Å². The quantitative estimate of drug-likeness (QED) is 0.743. The van der Waals surface area contributed by atoms with Crippen LogP contribution in [0.3, 0.4) is 0 Å². The number of rotatable bonds is 5. The number of fused-ring (bicyclic) bond motifs is 1. The highest BCUT2D eigenvalue weighted by Crippen LogP contribution is 2.37. The number of nitrogens with one attached hydrogen (secondary N) is 1. The molecule has 1 N–H and O–H groups in total. The number of anilines is 2. The molecule has 0 amide bonds. The maximum absolute atomic E-state index is 5.60. The smallest absolute Gasteiger partial charge is 0.165 e. The SMILES string of the molecule is CC1CN(c2ccc(CNc3ncnc4c3ncn4C3CC3)cn2)CCO1. The van der Waals surface area contributed by atoms with Crippen molar-refractivity contribution >= 4 is 22.8 Å². The Kier molecular flexibility index (Phi) is 4.12. The van der Waals surface area contributed by atoms with Gasteiger partial charge in [0.2, 0.25) is 0 Å². The van der Waals surface area contributed by atoms with Gasteiger partial charge in [0.05, 0.1) is 19.0 Å². The summed E-state index contributed by atoms with van der Waals surface area (Å²) >= 11 is 0. The van der Waals surface area contributed by atoms with Crippen molar-refractivity contribution in [3.05, 3.63) is 36.5 Å². The molecule has 4 heterocycles. The predicted octanol–water partition coefficient (Wildman–Crippen LogP) is 2.39. The van der Waals surface area contributed by atoms with Crippen LogP contribution < -0.4 is 10.2 Å². The maximum Gasteiger partial charge on any atom is 0.165 e. The summed E-state index contributed by atoms with van der Waals surface area (Å²) < 4.78 is 7.75. The second-order valence-corrected chi connectivity index (χ2v) is 7.28. The molecule has 8 heteroatoms. The highest BCUT2D eigenvalue weighted by molar-refractivity contribution is 5.82. The zero-order chi connectivity index (χ0) is 18.2. The number of hydrogen-bond donors (Lipinski definition) is 1. The van der Waals surface area contributed by atoms with Gasteiger partial charge in [-0.15, -0.1) is 0 Å². The average Bonchev–Trinajstić information content (AvgIpc) is 3.45. The number of hydrogen-bond acceptors (Lipinski definition) is 7. The van der Waals surface area contributed by atoms with Gasteiger partial charge in [0.1, 0.15) is 17.7 Å². The minimum atomic E-state index is 0.248. The Morgan fingerprint density at radius 1 is 1.19 bits per heavy atom. The molecule has 1 atom stereocenters. The van der Waals surface area contributed by atoms with Crippen LogP contribution in [0.5, 0.6) is 0 Å². The first-order chi connectivity index (χ1) is 13.3. The van der Waals surface area contributed by atoms with Crippen LogP contribution in [0.15, 0.2) is 31.0 Å². The van der Waals surface area contributed by atoms with Gasteiger partial charge in [-0.05, 0) is 31.4 Å². The topological polar surface area (TPSA) is 81.0 Å². The van der Waals surface area contributed by atoms with E-state index in [1.165, 1.54) is 12.8 Å². The lowest BCUT2D eigenvalue weighted by Gasteiger charge is -2.32. The summed E-state index contributed by atoms with van der Waals surface area (Å²) in [7, 11) is 0. The van der Waals surface area contributed by atoms with Crippen molar-refractivity contribution in [1.82, 2.24) is 24.5 Å². The average molecular weight is 365 g/mol. The summed E-state index contributed by atoms with van der Waals surface area (Å²) in [6, 6.07) is 4.74. The second kappa shape index (κ2) is 6.77. The fourth-order valence-corrected chi connectivity index (χ4v) is 3.52. The Morgan fingerprint density at radius 2 is 2.11 bits per heavy atom. The van der Waals surface area contributed by atoms with E-state index in [0.29, 0.717) is 12.6 Å². The summed E-state index contributed by atoms with van der Waals surface area (Å²) in [5, 5.41) is 3.38. The van der Waals surface area contributed by atoms with E-state index < -0.39 is 0 Å². The van der Waals surface area contributed by atoms with Gasteiger partial charge in [-0.2, -0.15) is 0 Å². The molecular weight excluding hydrogens is 342 g/mol. The van der Waals surface area contributed by atoms with Crippen LogP contribution in [-0.4, -0.2) is 50.3 Å². The summed E-state index contributed by atoms with van der Waals surface area (Å²) in [5.74, 6) is 1.77. The van der Waals surface area contributed by atoms with Crippen molar-refractivity contribution < 1.29 is 4.74 Å². The Morgan fingerprint density at radius 3 is 2.89 bits per heavy atom. The number of aromatic nitrogens is 5. The van der Waals surface area contributed by atoms with Gasteiger partial charge in [-0.1, -0.05) is 6.07 Å². The zero-order valence-corrected chi connectivity index (χ0v) is 15.4. The Balaban J connectivity index is 1.28. The van der Waals surface area contributed by atoms with Crippen LogP contribution in [0, 0.1) is 0 Å². The van der Waals surface area contributed by atoms with Crippen molar-refractivity contribution in [3.63, 3.8) is 0 Å². The number of morpholine rings is 1. The van der Waals surface area contributed by atoms with Crippen LogP contribution in [0.25, 0.3) is 11.2 Å². The van der Waals surface area contributed by atoms with Crippen molar-refractivity contribution in [2.75, 3.05) is 29.9 Å². The molecule has 2 aliphatic rings. The lowest BCUT2D eigenvalue weighted by Crippen LogP contribution is -2.41. The van der Waals surface area contributed by atoms with Crippen molar-refractivity contribution in [1.29, 1.82) is 0 Å². The van der Waals surface area contributed by atoms with Crippen LogP contribution in [0.1, 0.15) is 31.4 Å². The third kappa shape index (κ3) is 3.32. The molecule has 1 unspecified atom stereocenters. The van der Waals surface area contributed by atoms with Crippen LogP contribution in [-0.2, 0) is 11.3 Å². The minimum absolute atomic E-state index is 0.248. The van der Waals surface area contributed by atoms with E-state index in [1.807, 2.05) is 12.5 Å². The lowest BCUT2D eigenvalue weighted by atomic mass is 10.2. The highest BCUT2D eigenvalue weighted by Gasteiger charge is 2.26. The third-order valence-electron chi connectivity index (χ3n) is 5.13. The van der Waals surface area contributed by atoms with E-state index >= 15 is 0 Å². The normalized spacial score (nSPS) is 20.2. The van der Waals surface area contributed by atoms with Gasteiger partial charge < -0.3 is 19.5 Å². The molecule has 1 saturated carbocycles. The van der Waals surface area contributed by atoms with Crippen LogP contribution >= 0.6 is 0 Å². The summed E-state index contributed by atoms with van der Waals surface area (Å²) in [4.78, 5) is 20.2. The first-order valence-corrected chi connectivity index (χ1v) is 9.51. The maximum atomic E-state index is 5.60. The first-order valence-electron chi connectivity index (χ1n) is 9.51. The molecule has 0 aromatic carbocycles. The lowest BCUT2D eigenvalue weighted by molar-refractivity contribution is 0.0529. The molecule has 0 bridgehead atoms. The number of ether oxygens (including phenoxy) is 1. The first kappa shape index (κ1) is 16.4. The van der Waals surface area contributed by atoms with Crippen molar-refractivity contribution in [2.24, 2.45) is 0 Å². The molecule has 1 aliphatic carbocycles. The molecule has 140 valence electrons. The molecule has 1 aliphatic heterocycles. The molecule has 2 fully saturated rings. The zero-order valence-electron chi connectivity index (χ0n) is 15.4. The molecule has 3 aromatic rings. The van der Waals surface area contributed by atoms with Gasteiger partial charge in [0.25, 0.3) is 0 Å². The second-order valence-electron chi connectivity index (χ2n) is 7.28. The van der Waals surface area contributed by atoms with E-state index in [9.17, 15) is 0 Å². The van der Waals surface area contributed by atoms with Crippen LogP contribution in [0.2, 0.25) is 0 Å². The number of pyridine rings is 1. The fourth-order valence-electron chi connectivity index (χ4n) is 3.52. The highest BCUT2D eigenvalue weighted by atomic mass is 16.5. The summed E-state index contributed by atoms with van der Waals surface area (Å²) in [6.07, 6.45) is 8.06. The van der Waals surface area contributed by atoms with E-state index in [0.717, 1.165) is 48.1 Å². The van der Waals surface area contributed by atoms with Crippen molar-refractivity contribution in [3.8, 4) is 0 Å². The number of imidazole rings is 1. The fraction of sp³-hybridized carbons (Fsp3) is 0.474. The number of nitrogens with zero attached hydrogens (tertiary/aromatic N) is 6. The monoisotopic (exact) mass is 365 g/mol. The predicted molar refractivity (Wildman–Crippen MR) is 103 cm³/mol. The van der Waals surface area contributed by atoms with Gasteiger partial charge in [0, 0.05) is 31.9 Å². The minimum Gasteiger partial charge on any atom is -0.375 e. The largest absolute Gasteiger partial charge is 0.375 e. The molecule has 1 saturated heterocycles. The van der Waals surface area contributed by atoms with Gasteiger partial charge >= 0.3 is 0 Å². The van der Waals surface area contributed by atoms with Gasteiger partial charge in [-0.3, -0.25) is 0 Å². The van der Waals surface area contributed by atoms with Crippen molar-refractivity contribution in [2.45, 2.75) is 38.5 Å². The standard InChI is InChI=1S/C19H23N7O/c1-13-10-25(6-7-27-13)16-5-2-14(8-20-16)9-21-18-17-19(23-11-22-18)26(12-24-17)15-3-4-15/h2,5,8,11-13,15H,3-4,6-7,9-10H2,1H3,(H,21,22,23). The molecule has 8 nitrogen and oxygen atoms in total. The van der Waals surface area contributed by atoms with E-state index in [1.54, 1.807) is 6.33 Å². The molecule has 0 spiro atoms. The van der Waals surface area contributed by atoms with E-state index in [-0.39, 0.29) is 6.10 Å². The third-order valence-corrected chi connectivity index (χ3v) is 5.13. The van der Waals surface area contributed by atoms with Gasteiger partial charge in [-0.25, -0.2) is 19.9 Å². The molecule has 27 heavy (non-hydrogen) atoms. The van der Waals surface area contributed by atoms with E-state index in [4.69, 9.17) is 4.74 Å². The van der Waals surface area contributed by atoms with Gasteiger partial charge in [0.15, 0.2) is 11.5 Å². The Bertz CT molecular complexity index is 935. The molecule has 3 aromatic heterocycles. The Labute approximate surface area is 157 Å². The Hall–Kier alpha value is -2.74. The molecular formula is C19H23N7O. The molecule has 5 rings (SSSR count). The summed E-state index contributed by atoms with van der Waals surface area (Å²) in [5.41, 5.74) is 2.84. The van der Waals surface area contributed by atoms with E-state index in [2.05, 4.69) is 53.8 Å².